The molecule has 2 aromatic carbocycles. The molecule has 0 aliphatic carbocycles. The molecule has 0 spiro atoms. The molecule has 0 bridgehead atoms. The molecule has 0 radical (unpaired) electrons. The maximum atomic E-state index is 12.4. The van der Waals surface area contributed by atoms with Crippen molar-refractivity contribution in [2.75, 3.05) is 26.6 Å². The number of amides is 1. The summed E-state index contributed by atoms with van der Waals surface area (Å²) in [5.74, 6) is 1.92. The topological polar surface area (TPSA) is 66.0 Å². The van der Waals surface area contributed by atoms with Crippen molar-refractivity contribution < 1.29 is 23.7 Å². The van der Waals surface area contributed by atoms with Crippen LogP contribution >= 0.6 is 0 Å². The fourth-order valence-corrected chi connectivity index (χ4v) is 2.10. The van der Waals surface area contributed by atoms with Crippen LogP contribution in [0.4, 0.5) is 5.69 Å². The van der Waals surface area contributed by atoms with Gasteiger partial charge in [0.1, 0.15) is 11.5 Å². The molecule has 6 nitrogen and oxygen atoms in total. The number of nitrogens with one attached hydrogen (secondary N) is 1. The van der Waals surface area contributed by atoms with E-state index in [0.717, 1.165) is 0 Å². The van der Waals surface area contributed by atoms with E-state index in [2.05, 4.69) is 5.32 Å². The first-order valence-electron chi connectivity index (χ1n) is 7.41. The molecule has 0 saturated carbocycles. The number of anilines is 1. The van der Waals surface area contributed by atoms with E-state index < -0.39 is 6.10 Å². The summed E-state index contributed by atoms with van der Waals surface area (Å²) in [6.45, 7) is 1.66. The molecule has 1 atom stereocenters. The van der Waals surface area contributed by atoms with Crippen LogP contribution in [0.1, 0.15) is 6.92 Å². The van der Waals surface area contributed by atoms with Gasteiger partial charge in [-0.3, -0.25) is 4.79 Å². The summed E-state index contributed by atoms with van der Waals surface area (Å²) in [5, 5.41) is 2.78. The summed E-state index contributed by atoms with van der Waals surface area (Å²) in [4.78, 5) is 12.4. The summed E-state index contributed by atoms with van der Waals surface area (Å²) in [6.07, 6.45) is -0.715. The van der Waals surface area contributed by atoms with Gasteiger partial charge in [-0.1, -0.05) is 12.1 Å². The number of ether oxygens (including phenoxy) is 4. The number of carbonyl (C=O) groups is 1. The highest BCUT2D eigenvalue weighted by molar-refractivity contribution is 5.95. The van der Waals surface area contributed by atoms with E-state index in [4.69, 9.17) is 18.9 Å². The zero-order valence-corrected chi connectivity index (χ0v) is 14.2. The van der Waals surface area contributed by atoms with Crippen molar-refractivity contribution in [3.8, 4) is 23.0 Å². The van der Waals surface area contributed by atoms with Crippen molar-refractivity contribution in [2.45, 2.75) is 13.0 Å². The second kappa shape index (κ2) is 8.10. The number of methoxy groups -OCH3 is 3. The molecule has 6 heteroatoms. The minimum absolute atomic E-state index is 0.302. The second-order valence-electron chi connectivity index (χ2n) is 4.97. The van der Waals surface area contributed by atoms with Gasteiger partial charge < -0.3 is 24.3 Å². The summed E-state index contributed by atoms with van der Waals surface area (Å²) in [6, 6.07) is 12.3. The van der Waals surface area contributed by atoms with Gasteiger partial charge in [0.05, 0.1) is 27.0 Å². The standard InChI is InChI=1S/C18H21NO5/c1-12(24-16-8-6-5-7-15(16)22-3)18(20)19-14-10-9-13(21-2)11-17(14)23-4/h5-12H,1-4H3,(H,19,20)/t12-/m0/s1. The lowest BCUT2D eigenvalue weighted by Gasteiger charge is -2.17. The van der Waals surface area contributed by atoms with Gasteiger partial charge in [0, 0.05) is 6.07 Å². The van der Waals surface area contributed by atoms with Crippen molar-refractivity contribution in [3.63, 3.8) is 0 Å². The van der Waals surface area contributed by atoms with Crippen LogP contribution < -0.4 is 24.3 Å². The van der Waals surface area contributed by atoms with Gasteiger partial charge in [0.25, 0.3) is 5.91 Å². The average molecular weight is 331 g/mol. The molecule has 24 heavy (non-hydrogen) atoms. The van der Waals surface area contributed by atoms with Crippen LogP contribution in [0.2, 0.25) is 0 Å². The summed E-state index contributed by atoms with van der Waals surface area (Å²) in [7, 11) is 4.64. The van der Waals surface area contributed by atoms with Gasteiger partial charge in [-0.15, -0.1) is 0 Å². The van der Waals surface area contributed by atoms with Crippen LogP contribution in [0, 0.1) is 0 Å². The molecule has 1 amide bonds. The highest BCUT2D eigenvalue weighted by Crippen LogP contribution is 2.30. The van der Waals surface area contributed by atoms with E-state index in [-0.39, 0.29) is 5.91 Å². The lowest BCUT2D eigenvalue weighted by Crippen LogP contribution is -2.30. The summed E-state index contributed by atoms with van der Waals surface area (Å²) >= 11 is 0. The number of para-hydroxylation sites is 2. The van der Waals surface area contributed by atoms with Gasteiger partial charge in [-0.25, -0.2) is 0 Å². The number of rotatable bonds is 7. The fourth-order valence-electron chi connectivity index (χ4n) is 2.10. The molecule has 128 valence electrons. The van der Waals surface area contributed by atoms with E-state index in [0.29, 0.717) is 28.7 Å². The first-order chi connectivity index (χ1) is 11.6. The number of carbonyl (C=O) groups excluding carboxylic acids is 1. The Morgan fingerprint density at radius 3 is 2.21 bits per heavy atom. The van der Waals surface area contributed by atoms with E-state index in [1.165, 1.54) is 7.11 Å². The maximum Gasteiger partial charge on any atom is 0.265 e. The third kappa shape index (κ3) is 4.10. The first kappa shape index (κ1) is 17.5. The molecule has 0 aliphatic heterocycles. The third-order valence-corrected chi connectivity index (χ3v) is 3.41. The Morgan fingerprint density at radius 1 is 0.917 bits per heavy atom. The van der Waals surface area contributed by atoms with E-state index in [1.54, 1.807) is 51.5 Å². The van der Waals surface area contributed by atoms with Crippen LogP contribution in [-0.2, 0) is 4.79 Å². The number of benzene rings is 2. The van der Waals surface area contributed by atoms with Gasteiger partial charge in [0.15, 0.2) is 17.6 Å². The first-order valence-corrected chi connectivity index (χ1v) is 7.41. The van der Waals surface area contributed by atoms with Gasteiger partial charge in [-0.2, -0.15) is 0 Å². The molecule has 0 saturated heterocycles. The average Bonchev–Trinajstić information content (AvgIpc) is 2.62. The molecule has 0 heterocycles. The van der Waals surface area contributed by atoms with Crippen molar-refractivity contribution in [1.29, 1.82) is 0 Å². The van der Waals surface area contributed by atoms with E-state index in [1.807, 2.05) is 12.1 Å². The molecule has 0 fully saturated rings. The van der Waals surface area contributed by atoms with Crippen molar-refractivity contribution in [3.05, 3.63) is 42.5 Å². The van der Waals surface area contributed by atoms with Crippen molar-refractivity contribution >= 4 is 11.6 Å². The van der Waals surface area contributed by atoms with Crippen molar-refractivity contribution in [1.82, 2.24) is 0 Å². The molecule has 2 rings (SSSR count). The summed E-state index contributed by atoms with van der Waals surface area (Å²) in [5.41, 5.74) is 0.541. The van der Waals surface area contributed by atoms with Crippen LogP contribution in [0.15, 0.2) is 42.5 Å². The third-order valence-electron chi connectivity index (χ3n) is 3.41. The van der Waals surface area contributed by atoms with Gasteiger partial charge in [0.2, 0.25) is 0 Å². The van der Waals surface area contributed by atoms with E-state index in [9.17, 15) is 4.79 Å². The van der Waals surface area contributed by atoms with Gasteiger partial charge in [-0.05, 0) is 31.2 Å². The Bertz CT molecular complexity index is 702. The Morgan fingerprint density at radius 2 is 1.58 bits per heavy atom. The highest BCUT2D eigenvalue weighted by atomic mass is 16.5. The second-order valence-corrected chi connectivity index (χ2v) is 4.97. The molecule has 0 aliphatic rings. The SMILES string of the molecule is COc1ccc(NC(=O)[C@H](C)Oc2ccccc2OC)c(OC)c1. The number of hydrogen-bond donors (Lipinski definition) is 1. The zero-order valence-electron chi connectivity index (χ0n) is 14.2. The highest BCUT2D eigenvalue weighted by Gasteiger charge is 2.18. The summed E-state index contributed by atoms with van der Waals surface area (Å²) < 4.78 is 21.3. The number of hydrogen-bond acceptors (Lipinski definition) is 5. The zero-order chi connectivity index (χ0) is 17.5. The quantitative estimate of drug-likeness (QED) is 0.844. The fraction of sp³-hybridized carbons (Fsp3) is 0.278. The smallest absolute Gasteiger partial charge is 0.265 e. The van der Waals surface area contributed by atoms with Crippen molar-refractivity contribution in [2.24, 2.45) is 0 Å². The van der Waals surface area contributed by atoms with E-state index >= 15 is 0 Å². The largest absolute Gasteiger partial charge is 0.497 e. The lowest BCUT2D eigenvalue weighted by molar-refractivity contribution is -0.122. The lowest BCUT2D eigenvalue weighted by atomic mass is 10.2. The van der Waals surface area contributed by atoms with Crippen LogP contribution in [0.5, 0.6) is 23.0 Å². The van der Waals surface area contributed by atoms with Crippen LogP contribution in [0.25, 0.3) is 0 Å². The minimum atomic E-state index is -0.715. The predicted octanol–water partition coefficient (Wildman–Crippen LogP) is 3.12. The molecular formula is C18H21NO5. The molecule has 1 N–H and O–H groups in total. The molecule has 0 aromatic heterocycles. The minimum Gasteiger partial charge on any atom is -0.497 e. The predicted molar refractivity (Wildman–Crippen MR) is 91.3 cm³/mol. The Labute approximate surface area is 141 Å². The monoisotopic (exact) mass is 331 g/mol. The van der Waals surface area contributed by atoms with Crippen LogP contribution in [0.3, 0.4) is 0 Å². The molecule has 0 unspecified atom stereocenters. The Hall–Kier alpha value is -2.89. The maximum absolute atomic E-state index is 12.4. The van der Waals surface area contributed by atoms with Crippen LogP contribution in [-0.4, -0.2) is 33.3 Å². The molecule has 2 aromatic rings. The Kier molecular flexibility index (Phi) is 5.89. The normalized spacial score (nSPS) is 11.3. The Balaban J connectivity index is 2.09. The molecular weight excluding hydrogens is 310 g/mol. The van der Waals surface area contributed by atoms with Gasteiger partial charge >= 0.3 is 0 Å².